The van der Waals surface area contributed by atoms with Gasteiger partial charge < -0.3 is 5.11 Å². The number of carboxylic acid groups (broad SMARTS) is 1. The third-order valence-corrected chi connectivity index (χ3v) is 5.21. The minimum atomic E-state index is -0.637. The lowest BCUT2D eigenvalue weighted by Crippen LogP contribution is -2.52. The standard InChI is InChI=1S/C20H39NO2/c1-2-3-4-5-6-7-8-9-10-11-12-13-14-15-17-21-18-16-19(21)20(22)23/h19H,2-18H2,1H3,(H,22,23). The molecule has 0 aromatic rings. The molecule has 1 unspecified atom stereocenters. The topological polar surface area (TPSA) is 40.5 Å². The second-order valence-corrected chi connectivity index (χ2v) is 7.27. The lowest BCUT2D eigenvalue weighted by atomic mass is 10.0. The van der Waals surface area contributed by atoms with Gasteiger partial charge in [-0.3, -0.25) is 9.69 Å². The molecule has 1 aliphatic heterocycles. The smallest absolute Gasteiger partial charge is 0.320 e. The van der Waals surface area contributed by atoms with Crippen molar-refractivity contribution in [2.45, 2.75) is 109 Å². The van der Waals surface area contributed by atoms with Gasteiger partial charge in [0.2, 0.25) is 0 Å². The maximum atomic E-state index is 10.9. The molecule has 0 aromatic heterocycles. The molecule has 1 N–H and O–H groups in total. The van der Waals surface area contributed by atoms with Crippen molar-refractivity contribution in [3.8, 4) is 0 Å². The van der Waals surface area contributed by atoms with E-state index in [1.165, 1.54) is 89.9 Å². The van der Waals surface area contributed by atoms with Gasteiger partial charge in [0, 0.05) is 6.54 Å². The molecule has 0 amide bonds. The average molecular weight is 326 g/mol. The average Bonchev–Trinajstić information content (AvgIpc) is 2.49. The summed E-state index contributed by atoms with van der Waals surface area (Å²) in [7, 11) is 0. The van der Waals surface area contributed by atoms with Gasteiger partial charge in [0.15, 0.2) is 0 Å². The molecule has 1 rings (SSSR count). The summed E-state index contributed by atoms with van der Waals surface area (Å²) in [6.45, 7) is 4.24. The van der Waals surface area contributed by atoms with Crippen LogP contribution in [-0.4, -0.2) is 35.1 Å². The number of likely N-dealkylation sites (tertiary alicyclic amines) is 1. The molecular weight excluding hydrogens is 286 g/mol. The van der Waals surface area contributed by atoms with Crippen molar-refractivity contribution in [1.82, 2.24) is 4.90 Å². The van der Waals surface area contributed by atoms with Gasteiger partial charge in [-0.25, -0.2) is 0 Å². The van der Waals surface area contributed by atoms with Crippen molar-refractivity contribution in [2.75, 3.05) is 13.1 Å². The SMILES string of the molecule is CCCCCCCCCCCCCCCCN1CCC1C(=O)O. The Morgan fingerprint density at radius 3 is 1.61 bits per heavy atom. The van der Waals surface area contributed by atoms with Crippen LogP contribution in [0.1, 0.15) is 103 Å². The molecule has 1 heterocycles. The molecule has 23 heavy (non-hydrogen) atoms. The fourth-order valence-corrected chi connectivity index (χ4v) is 3.50. The normalized spacial score (nSPS) is 18.0. The number of aliphatic carboxylic acids is 1. The Hall–Kier alpha value is -0.570. The maximum absolute atomic E-state index is 10.9. The number of carbonyl (C=O) groups is 1. The van der Waals surface area contributed by atoms with Crippen LogP contribution in [-0.2, 0) is 4.79 Å². The first-order valence-corrected chi connectivity index (χ1v) is 10.2. The molecule has 1 fully saturated rings. The van der Waals surface area contributed by atoms with Crippen molar-refractivity contribution < 1.29 is 9.90 Å². The highest BCUT2D eigenvalue weighted by molar-refractivity contribution is 5.74. The van der Waals surface area contributed by atoms with Crippen LogP contribution in [0, 0.1) is 0 Å². The summed E-state index contributed by atoms with van der Waals surface area (Å²) in [5, 5.41) is 8.98. The Morgan fingerprint density at radius 2 is 1.26 bits per heavy atom. The third-order valence-electron chi connectivity index (χ3n) is 5.21. The van der Waals surface area contributed by atoms with Crippen LogP contribution in [0.3, 0.4) is 0 Å². The van der Waals surface area contributed by atoms with Gasteiger partial charge in [0.05, 0.1) is 0 Å². The summed E-state index contributed by atoms with van der Waals surface area (Å²) in [6.07, 6.45) is 20.1. The lowest BCUT2D eigenvalue weighted by molar-refractivity contribution is -0.148. The van der Waals surface area contributed by atoms with Crippen LogP contribution in [0.4, 0.5) is 0 Å². The zero-order valence-corrected chi connectivity index (χ0v) is 15.4. The van der Waals surface area contributed by atoms with E-state index in [-0.39, 0.29) is 6.04 Å². The molecule has 1 saturated heterocycles. The van der Waals surface area contributed by atoms with Gasteiger partial charge in [0.1, 0.15) is 6.04 Å². The van der Waals surface area contributed by atoms with Gasteiger partial charge >= 0.3 is 5.97 Å². The second-order valence-electron chi connectivity index (χ2n) is 7.27. The molecule has 3 heteroatoms. The Balaban J connectivity index is 1.73. The van der Waals surface area contributed by atoms with Crippen LogP contribution in [0.2, 0.25) is 0 Å². The van der Waals surface area contributed by atoms with Crippen molar-refractivity contribution >= 4 is 5.97 Å². The number of hydrogen-bond acceptors (Lipinski definition) is 2. The Morgan fingerprint density at radius 1 is 0.826 bits per heavy atom. The summed E-state index contributed by atoms with van der Waals surface area (Å²) in [5.74, 6) is -0.637. The van der Waals surface area contributed by atoms with Gasteiger partial charge in [-0.1, -0.05) is 90.4 Å². The summed E-state index contributed by atoms with van der Waals surface area (Å²) < 4.78 is 0. The molecule has 1 atom stereocenters. The zero-order valence-electron chi connectivity index (χ0n) is 15.4. The monoisotopic (exact) mass is 325 g/mol. The molecule has 136 valence electrons. The van der Waals surface area contributed by atoms with Crippen LogP contribution >= 0.6 is 0 Å². The van der Waals surface area contributed by atoms with Gasteiger partial charge in [0.25, 0.3) is 0 Å². The largest absolute Gasteiger partial charge is 0.480 e. The number of nitrogens with zero attached hydrogens (tertiary/aromatic N) is 1. The fraction of sp³-hybridized carbons (Fsp3) is 0.950. The first-order valence-electron chi connectivity index (χ1n) is 10.2. The van der Waals surface area contributed by atoms with Crippen LogP contribution in [0.15, 0.2) is 0 Å². The minimum Gasteiger partial charge on any atom is -0.480 e. The minimum absolute atomic E-state index is 0.183. The fourth-order valence-electron chi connectivity index (χ4n) is 3.50. The first-order chi connectivity index (χ1) is 11.3. The Kier molecular flexibility index (Phi) is 12.3. The van der Waals surface area contributed by atoms with E-state index in [1.54, 1.807) is 0 Å². The van der Waals surface area contributed by atoms with E-state index in [1.807, 2.05) is 0 Å². The molecule has 0 aliphatic carbocycles. The highest BCUT2D eigenvalue weighted by Gasteiger charge is 2.32. The van der Waals surface area contributed by atoms with Crippen LogP contribution in [0.25, 0.3) is 0 Å². The van der Waals surface area contributed by atoms with E-state index in [4.69, 9.17) is 5.11 Å². The molecule has 0 radical (unpaired) electrons. The van der Waals surface area contributed by atoms with E-state index in [0.29, 0.717) is 0 Å². The summed E-state index contributed by atoms with van der Waals surface area (Å²) in [6, 6.07) is -0.183. The van der Waals surface area contributed by atoms with E-state index in [2.05, 4.69) is 11.8 Å². The quantitative estimate of drug-likeness (QED) is 0.374. The van der Waals surface area contributed by atoms with Crippen molar-refractivity contribution in [1.29, 1.82) is 0 Å². The number of unbranched alkanes of at least 4 members (excludes halogenated alkanes) is 13. The maximum Gasteiger partial charge on any atom is 0.320 e. The number of rotatable bonds is 16. The predicted octanol–water partition coefficient (Wildman–Crippen LogP) is 5.63. The molecule has 3 nitrogen and oxygen atoms in total. The molecule has 0 bridgehead atoms. The summed E-state index contributed by atoms with van der Waals surface area (Å²) >= 11 is 0. The highest BCUT2D eigenvalue weighted by atomic mass is 16.4. The Bertz CT molecular complexity index is 293. The number of hydrogen-bond donors (Lipinski definition) is 1. The molecular formula is C20H39NO2. The number of carboxylic acids is 1. The third kappa shape index (κ3) is 10.0. The lowest BCUT2D eigenvalue weighted by Gasteiger charge is -2.37. The van der Waals surface area contributed by atoms with Crippen molar-refractivity contribution in [2.24, 2.45) is 0 Å². The van der Waals surface area contributed by atoms with E-state index in [9.17, 15) is 4.79 Å². The van der Waals surface area contributed by atoms with Gasteiger partial charge in [-0.05, 0) is 19.4 Å². The molecule has 1 aliphatic rings. The van der Waals surface area contributed by atoms with Crippen molar-refractivity contribution in [3.63, 3.8) is 0 Å². The van der Waals surface area contributed by atoms with Gasteiger partial charge in [-0.2, -0.15) is 0 Å². The second kappa shape index (κ2) is 13.8. The van der Waals surface area contributed by atoms with Gasteiger partial charge in [-0.15, -0.1) is 0 Å². The molecule has 0 saturated carbocycles. The van der Waals surface area contributed by atoms with Crippen molar-refractivity contribution in [3.05, 3.63) is 0 Å². The van der Waals surface area contributed by atoms with E-state index < -0.39 is 5.97 Å². The van der Waals surface area contributed by atoms with Crippen LogP contribution < -0.4 is 0 Å². The molecule has 0 spiro atoms. The van der Waals surface area contributed by atoms with E-state index in [0.717, 1.165) is 19.5 Å². The molecule has 0 aromatic carbocycles. The summed E-state index contributed by atoms with van der Waals surface area (Å²) in [4.78, 5) is 13.0. The first kappa shape index (κ1) is 20.5. The van der Waals surface area contributed by atoms with Crippen LogP contribution in [0.5, 0.6) is 0 Å². The highest BCUT2D eigenvalue weighted by Crippen LogP contribution is 2.19. The van der Waals surface area contributed by atoms with E-state index >= 15 is 0 Å². The Labute approximate surface area is 143 Å². The summed E-state index contributed by atoms with van der Waals surface area (Å²) in [5.41, 5.74) is 0. The predicted molar refractivity (Wildman–Crippen MR) is 97.9 cm³/mol. The zero-order chi connectivity index (χ0) is 16.8.